The first-order valence-electron chi connectivity index (χ1n) is 10.7. The fourth-order valence-corrected chi connectivity index (χ4v) is 5.06. The lowest BCUT2D eigenvalue weighted by molar-refractivity contribution is 0.0104. The number of aromatic nitrogens is 3. The van der Waals surface area contributed by atoms with Crippen LogP contribution in [0.25, 0.3) is 20.8 Å². The second-order valence-electron chi connectivity index (χ2n) is 7.84. The minimum Gasteiger partial charge on any atom is -0.393 e. The minimum atomic E-state index is -2.55. The second kappa shape index (κ2) is 10.0. The lowest BCUT2D eigenvalue weighted by Gasteiger charge is -2.18. The minimum absolute atomic E-state index is 0.175. The number of aliphatic hydroxyl groups is 1. The topological polar surface area (TPSA) is 92.2 Å². The number of halogens is 2. The fourth-order valence-electron chi connectivity index (χ4n) is 4.00. The van der Waals surface area contributed by atoms with Crippen LogP contribution in [0.5, 0.6) is 0 Å². The van der Waals surface area contributed by atoms with E-state index in [9.17, 15) is 13.9 Å². The van der Waals surface area contributed by atoms with E-state index in [-0.39, 0.29) is 18.9 Å². The number of hydrogen-bond donors (Lipinski definition) is 3. The van der Waals surface area contributed by atoms with E-state index in [1.165, 1.54) is 11.3 Å². The first-order valence-corrected chi connectivity index (χ1v) is 11.6. The maximum absolute atomic E-state index is 13.3. The summed E-state index contributed by atoms with van der Waals surface area (Å²) < 4.78 is 32.9. The summed E-state index contributed by atoms with van der Waals surface area (Å²) in [5.41, 5.74) is 2.35. The van der Waals surface area contributed by atoms with Crippen molar-refractivity contribution < 1.29 is 18.6 Å². The molecule has 10 heteroatoms. The lowest BCUT2D eigenvalue weighted by Crippen LogP contribution is -2.20. The molecule has 7 nitrogen and oxygen atoms in total. The smallest absolute Gasteiger partial charge is 0.243 e. The van der Waals surface area contributed by atoms with E-state index in [1.54, 1.807) is 0 Å². The summed E-state index contributed by atoms with van der Waals surface area (Å²) in [6.45, 7) is 5.50. The van der Waals surface area contributed by atoms with Crippen molar-refractivity contribution in [1.29, 1.82) is 0 Å². The van der Waals surface area contributed by atoms with Gasteiger partial charge in [0.1, 0.15) is 10.8 Å². The Kier molecular flexibility index (Phi) is 7.12. The van der Waals surface area contributed by atoms with Gasteiger partial charge in [0.05, 0.1) is 34.2 Å². The summed E-state index contributed by atoms with van der Waals surface area (Å²) in [6.07, 6.45) is -3.17. The van der Waals surface area contributed by atoms with Crippen molar-refractivity contribution >= 4 is 33.3 Å². The number of hydrogen-bond acceptors (Lipinski definition) is 8. The van der Waals surface area contributed by atoms with Crippen molar-refractivity contribution in [3.63, 3.8) is 0 Å². The average molecular weight is 464 g/mol. The van der Waals surface area contributed by atoms with Gasteiger partial charge < -0.3 is 20.5 Å². The Labute approximate surface area is 189 Å². The van der Waals surface area contributed by atoms with Crippen molar-refractivity contribution in [2.24, 2.45) is 5.92 Å². The standard InChI is InChI=1S/C22H27F2N5O2S/c1-3-31-9-8-25-22-26-12(2)18(21-28-15-6-4-5-7-17(15)32-21)20(29-22)27-13-10-14(19(23)24)16(30)11-13/h4-7,13-14,16,19,30H,3,8-11H2,1-2H3,(H2,25,26,27,29)/t13-,14+,16+/m1/s1. The molecule has 0 aliphatic heterocycles. The fraction of sp³-hybridized carbons (Fsp3) is 0.500. The third kappa shape index (κ3) is 4.97. The number of rotatable bonds is 9. The maximum atomic E-state index is 13.3. The molecule has 3 atom stereocenters. The highest BCUT2D eigenvalue weighted by molar-refractivity contribution is 7.21. The van der Waals surface area contributed by atoms with E-state index in [1.807, 2.05) is 38.1 Å². The number of benzene rings is 1. The number of anilines is 2. The van der Waals surface area contributed by atoms with Crippen molar-refractivity contribution in [2.45, 2.75) is 45.3 Å². The molecule has 0 bridgehead atoms. The number of nitrogens with zero attached hydrogens (tertiary/aromatic N) is 3. The van der Waals surface area contributed by atoms with E-state index in [0.29, 0.717) is 31.5 Å². The van der Waals surface area contributed by atoms with Crippen LogP contribution < -0.4 is 10.6 Å². The predicted octanol–water partition coefficient (Wildman–Crippen LogP) is 4.33. The van der Waals surface area contributed by atoms with Gasteiger partial charge in [-0.2, -0.15) is 4.98 Å². The summed E-state index contributed by atoms with van der Waals surface area (Å²) in [6, 6.07) is 7.53. The number of alkyl halides is 2. The molecule has 0 amide bonds. The largest absolute Gasteiger partial charge is 0.393 e. The highest BCUT2D eigenvalue weighted by Crippen LogP contribution is 2.38. The highest BCUT2D eigenvalue weighted by Gasteiger charge is 2.39. The first kappa shape index (κ1) is 22.8. The van der Waals surface area contributed by atoms with Crippen molar-refractivity contribution in [3.05, 3.63) is 30.0 Å². The molecule has 2 aromatic heterocycles. The van der Waals surface area contributed by atoms with Gasteiger partial charge in [-0.25, -0.2) is 18.7 Å². The van der Waals surface area contributed by atoms with E-state index in [0.717, 1.165) is 26.5 Å². The van der Waals surface area contributed by atoms with Crippen molar-refractivity contribution in [3.8, 4) is 10.6 Å². The number of thiazole rings is 1. The zero-order valence-electron chi connectivity index (χ0n) is 18.0. The maximum Gasteiger partial charge on any atom is 0.243 e. The number of aliphatic hydroxyl groups excluding tert-OH is 1. The number of nitrogens with one attached hydrogen (secondary N) is 2. The van der Waals surface area contributed by atoms with E-state index >= 15 is 0 Å². The van der Waals surface area contributed by atoms with Gasteiger partial charge in [-0.1, -0.05) is 12.1 Å². The van der Waals surface area contributed by atoms with Crippen molar-refractivity contribution in [2.75, 3.05) is 30.4 Å². The Morgan fingerprint density at radius 2 is 2.03 bits per heavy atom. The summed E-state index contributed by atoms with van der Waals surface area (Å²) in [5, 5.41) is 17.3. The van der Waals surface area contributed by atoms with Gasteiger partial charge in [0.15, 0.2) is 0 Å². The molecule has 4 rings (SSSR count). The molecular formula is C22H27F2N5O2S. The van der Waals surface area contributed by atoms with Crippen LogP contribution >= 0.6 is 11.3 Å². The molecule has 1 aromatic carbocycles. The Hall–Kier alpha value is -2.43. The van der Waals surface area contributed by atoms with Crippen LogP contribution in [0, 0.1) is 12.8 Å². The zero-order valence-corrected chi connectivity index (χ0v) is 18.8. The molecule has 0 spiro atoms. The van der Waals surface area contributed by atoms with Gasteiger partial charge in [-0.3, -0.25) is 0 Å². The molecule has 1 aliphatic rings. The second-order valence-corrected chi connectivity index (χ2v) is 8.88. The molecule has 1 fully saturated rings. The summed E-state index contributed by atoms with van der Waals surface area (Å²) in [5.74, 6) is -0.0776. The first-order chi connectivity index (χ1) is 15.5. The number of para-hydroxylation sites is 1. The molecule has 32 heavy (non-hydrogen) atoms. The SMILES string of the molecule is CCOCCNc1nc(C)c(-c2nc3ccccc3s2)c(N[C@@H]2C[C@H](C(F)F)[C@@H](O)C2)n1. The molecule has 1 aliphatic carbocycles. The van der Waals surface area contributed by atoms with Crippen LogP contribution in [0.4, 0.5) is 20.5 Å². The Bertz CT molecular complexity index is 1030. The van der Waals surface area contributed by atoms with Crippen LogP contribution in [0.2, 0.25) is 0 Å². The van der Waals surface area contributed by atoms with Crippen LogP contribution in [0.15, 0.2) is 24.3 Å². The molecule has 1 saturated carbocycles. The Morgan fingerprint density at radius 3 is 2.75 bits per heavy atom. The van der Waals surface area contributed by atoms with Crippen LogP contribution in [-0.4, -0.2) is 58.4 Å². The van der Waals surface area contributed by atoms with E-state index < -0.39 is 18.4 Å². The quantitative estimate of drug-likeness (QED) is 0.407. The number of aryl methyl sites for hydroxylation is 1. The van der Waals surface area contributed by atoms with Gasteiger partial charge in [-0.05, 0) is 38.8 Å². The Morgan fingerprint density at radius 1 is 1.22 bits per heavy atom. The van der Waals surface area contributed by atoms with Crippen LogP contribution in [0.1, 0.15) is 25.5 Å². The number of ether oxygens (including phenoxy) is 1. The summed E-state index contributed by atoms with van der Waals surface area (Å²) in [4.78, 5) is 14.0. The third-order valence-electron chi connectivity index (χ3n) is 5.57. The normalized spacial score (nSPS) is 20.9. The summed E-state index contributed by atoms with van der Waals surface area (Å²) >= 11 is 1.53. The van der Waals surface area contributed by atoms with Gasteiger partial charge >= 0.3 is 0 Å². The average Bonchev–Trinajstić information content (AvgIpc) is 3.34. The summed E-state index contributed by atoms with van der Waals surface area (Å²) in [7, 11) is 0. The molecule has 0 radical (unpaired) electrons. The molecule has 0 saturated heterocycles. The van der Waals surface area contributed by atoms with Gasteiger partial charge in [0.25, 0.3) is 0 Å². The molecule has 3 aromatic rings. The van der Waals surface area contributed by atoms with E-state index in [2.05, 4.69) is 20.6 Å². The molecular weight excluding hydrogens is 436 g/mol. The molecule has 172 valence electrons. The zero-order chi connectivity index (χ0) is 22.7. The van der Waals surface area contributed by atoms with Crippen LogP contribution in [0.3, 0.4) is 0 Å². The van der Waals surface area contributed by atoms with E-state index in [4.69, 9.17) is 9.72 Å². The van der Waals surface area contributed by atoms with Crippen molar-refractivity contribution in [1.82, 2.24) is 15.0 Å². The lowest BCUT2D eigenvalue weighted by atomic mass is 10.1. The Balaban J connectivity index is 1.66. The molecule has 3 N–H and O–H groups in total. The molecule has 2 heterocycles. The highest BCUT2D eigenvalue weighted by atomic mass is 32.1. The van der Waals surface area contributed by atoms with Gasteiger partial charge in [-0.15, -0.1) is 11.3 Å². The number of fused-ring (bicyclic) bond motifs is 1. The monoisotopic (exact) mass is 463 g/mol. The predicted molar refractivity (Wildman–Crippen MR) is 123 cm³/mol. The molecule has 0 unspecified atom stereocenters. The van der Waals surface area contributed by atoms with Gasteiger partial charge in [0.2, 0.25) is 12.4 Å². The third-order valence-corrected chi connectivity index (χ3v) is 6.63. The van der Waals surface area contributed by atoms with Crippen LogP contribution in [-0.2, 0) is 4.74 Å². The van der Waals surface area contributed by atoms with Gasteiger partial charge in [0, 0.05) is 25.1 Å².